The fourth-order valence-electron chi connectivity index (χ4n) is 3.31. The minimum absolute atomic E-state index is 0.159. The van der Waals surface area contributed by atoms with E-state index in [4.69, 9.17) is 0 Å². The standard InChI is InChI=1S/C20H23FN2O/c1-15-9-10-17(21)13-18(15)20(24)22-14-19(23-11-5-6-12-23)16-7-3-2-4-8-16/h2-4,7-10,13,19H,5-6,11-12,14H2,1H3,(H,22,24). The molecule has 0 spiro atoms. The number of nitrogens with one attached hydrogen (secondary N) is 1. The number of rotatable bonds is 5. The molecule has 1 atom stereocenters. The summed E-state index contributed by atoms with van der Waals surface area (Å²) in [6.07, 6.45) is 2.39. The lowest BCUT2D eigenvalue weighted by Crippen LogP contribution is -2.37. The lowest BCUT2D eigenvalue weighted by molar-refractivity contribution is 0.0937. The van der Waals surface area contributed by atoms with Crippen LogP contribution in [0, 0.1) is 12.7 Å². The average molecular weight is 326 g/mol. The summed E-state index contributed by atoms with van der Waals surface area (Å²) in [5, 5.41) is 3.00. The SMILES string of the molecule is Cc1ccc(F)cc1C(=O)NCC(c1ccccc1)N1CCCC1. The largest absolute Gasteiger partial charge is 0.350 e. The van der Waals surface area contributed by atoms with Crippen molar-refractivity contribution in [3.8, 4) is 0 Å². The van der Waals surface area contributed by atoms with Gasteiger partial charge in [-0.15, -0.1) is 0 Å². The minimum Gasteiger partial charge on any atom is -0.350 e. The number of amides is 1. The van der Waals surface area contributed by atoms with E-state index in [0.29, 0.717) is 12.1 Å². The summed E-state index contributed by atoms with van der Waals surface area (Å²) in [6, 6.07) is 14.7. The summed E-state index contributed by atoms with van der Waals surface area (Å²) in [5.41, 5.74) is 2.39. The Morgan fingerprint density at radius 1 is 1.17 bits per heavy atom. The van der Waals surface area contributed by atoms with Gasteiger partial charge in [-0.05, 0) is 56.1 Å². The van der Waals surface area contributed by atoms with Crippen molar-refractivity contribution in [3.63, 3.8) is 0 Å². The maximum atomic E-state index is 13.4. The summed E-state index contributed by atoms with van der Waals surface area (Å²) in [4.78, 5) is 14.9. The maximum Gasteiger partial charge on any atom is 0.251 e. The highest BCUT2D eigenvalue weighted by molar-refractivity contribution is 5.95. The van der Waals surface area contributed by atoms with Crippen LogP contribution in [0.3, 0.4) is 0 Å². The molecule has 1 unspecified atom stereocenters. The van der Waals surface area contributed by atoms with Crippen LogP contribution in [0.15, 0.2) is 48.5 Å². The molecule has 2 aromatic rings. The Kier molecular flexibility index (Phi) is 5.26. The van der Waals surface area contributed by atoms with E-state index in [2.05, 4.69) is 22.3 Å². The van der Waals surface area contributed by atoms with Gasteiger partial charge >= 0.3 is 0 Å². The molecule has 126 valence electrons. The summed E-state index contributed by atoms with van der Waals surface area (Å²) in [6.45, 7) is 4.45. The second-order valence-electron chi connectivity index (χ2n) is 6.34. The maximum absolute atomic E-state index is 13.4. The normalized spacial score (nSPS) is 16.1. The quantitative estimate of drug-likeness (QED) is 0.908. The van der Waals surface area contributed by atoms with Crippen molar-refractivity contribution in [1.29, 1.82) is 0 Å². The zero-order valence-electron chi connectivity index (χ0n) is 14.0. The van der Waals surface area contributed by atoms with E-state index < -0.39 is 0 Å². The first-order chi connectivity index (χ1) is 11.6. The number of aryl methyl sites for hydroxylation is 1. The van der Waals surface area contributed by atoms with Crippen molar-refractivity contribution in [2.45, 2.75) is 25.8 Å². The molecule has 1 heterocycles. The van der Waals surface area contributed by atoms with E-state index in [1.807, 2.05) is 25.1 Å². The van der Waals surface area contributed by atoms with E-state index >= 15 is 0 Å². The highest BCUT2D eigenvalue weighted by Crippen LogP contribution is 2.24. The number of likely N-dealkylation sites (tertiary alicyclic amines) is 1. The molecule has 0 bridgehead atoms. The van der Waals surface area contributed by atoms with E-state index in [0.717, 1.165) is 18.7 Å². The van der Waals surface area contributed by atoms with Crippen molar-refractivity contribution in [2.75, 3.05) is 19.6 Å². The lowest BCUT2D eigenvalue weighted by Gasteiger charge is -2.28. The van der Waals surface area contributed by atoms with E-state index in [1.54, 1.807) is 6.07 Å². The van der Waals surface area contributed by atoms with Crippen LogP contribution in [0.4, 0.5) is 4.39 Å². The van der Waals surface area contributed by atoms with Crippen molar-refractivity contribution in [2.24, 2.45) is 0 Å². The first-order valence-corrected chi connectivity index (χ1v) is 8.48. The Balaban J connectivity index is 1.73. The van der Waals surface area contributed by atoms with Gasteiger partial charge in [0.1, 0.15) is 5.82 Å². The van der Waals surface area contributed by atoms with Crippen LogP contribution in [0.2, 0.25) is 0 Å². The number of halogens is 1. The molecule has 1 aliphatic heterocycles. The van der Waals surface area contributed by atoms with E-state index in [-0.39, 0.29) is 17.8 Å². The molecule has 3 nitrogen and oxygen atoms in total. The van der Waals surface area contributed by atoms with Crippen LogP contribution in [0.25, 0.3) is 0 Å². The third-order valence-corrected chi connectivity index (χ3v) is 4.67. The van der Waals surface area contributed by atoms with Crippen molar-refractivity contribution in [1.82, 2.24) is 10.2 Å². The lowest BCUT2D eigenvalue weighted by atomic mass is 10.0. The Morgan fingerprint density at radius 3 is 2.58 bits per heavy atom. The van der Waals surface area contributed by atoms with Crippen LogP contribution < -0.4 is 5.32 Å². The van der Waals surface area contributed by atoms with Crippen LogP contribution >= 0.6 is 0 Å². The molecule has 0 aliphatic carbocycles. The van der Waals surface area contributed by atoms with Gasteiger partial charge in [0.25, 0.3) is 5.91 Å². The number of nitrogens with zero attached hydrogens (tertiary/aromatic N) is 1. The number of carbonyl (C=O) groups excluding carboxylic acids is 1. The van der Waals surface area contributed by atoms with Crippen molar-refractivity contribution < 1.29 is 9.18 Å². The first-order valence-electron chi connectivity index (χ1n) is 8.48. The zero-order valence-corrected chi connectivity index (χ0v) is 14.0. The van der Waals surface area contributed by atoms with E-state index in [1.165, 1.54) is 30.5 Å². The molecule has 24 heavy (non-hydrogen) atoms. The third-order valence-electron chi connectivity index (χ3n) is 4.67. The Bertz CT molecular complexity index is 696. The number of benzene rings is 2. The number of hydrogen-bond acceptors (Lipinski definition) is 2. The molecule has 1 N–H and O–H groups in total. The Hall–Kier alpha value is -2.20. The number of hydrogen-bond donors (Lipinski definition) is 1. The molecule has 4 heteroatoms. The monoisotopic (exact) mass is 326 g/mol. The van der Waals surface area contributed by atoms with Gasteiger partial charge in [0, 0.05) is 12.1 Å². The van der Waals surface area contributed by atoms with Gasteiger partial charge in [-0.1, -0.05) is 36.4 Å². The Labute approximate surface area is 142 Å². The molecule has 1 saturated heterocycles. The summed E-state index contributed by atoms with van der Waals surface area (Å²) >= 11 is 0. The van der Waals surface area contributed by atoms with Crippen molar-refractivity contribution >= 4 is 5.91 Å². The topological polar surface area (TPSA) is 32.3 Å². The van der Waals surface area contributed by atoms with Gasteiger partial charge in [0.15, 0.2) is 0 Å². The summed E-state index contributed by atoms with van der Waals surface area (Å²) in [5.74, 6) is -0.600. The fraction of sp³-hybridized carbons (Fsp3) is 0.350. The Morgan fingerprint density at radius 2 is 1.88 bits per heavy atom. The molecule has 0 saturated carbocycles. The van der Waals surface area contributed by atoms with Crippen LogP contribution in [0.5, 0.6) is 0 Å². The summed E-state index contributed by atoms with van der Waals surface area (Å²) in [7, 11) is 0. The first kappa shape index (κ1) is 16.7. The zero-order chi connectivity index (χ0) is 16.9. The van der Waals surface area contributed by atoms with E-state index in [9.17, 15) is 9.18 Å². The molecule has 1 amide bonds. The van der Waals surface area contributed by atoms with Gasteiger partial charge < -0.3 is 5.32 Å². The molecule has 2 aromatic carbocycles. The van der Waals surface area contributed by atoms with Crippen LogP contribution in [-0.4, -0.2) is 30.4 Å². The molecule has 1 aliphatic rings. The van der Waals surface area contributed by atoms with Gasteiger partial charge in [0.2, 0.25) is 0 Å². The predicted molar refractivity (Wildman–Crippen MR) is 93.5 cm³/mol. The molecular formula is C20H23FN2O. The molecule has 0 radical (unpaired) electrons. The van der Waals surface area contributed by atoms with Gasteiger partial charge in [-0.2, -0.15) is 0 Å². The van der Waals surface area contributed by atoms with Crippen LogP contribution in [0.1, 0.15) is 40.4 Å². The average Bonchev–Trinajstić information content (AvgIpc) is 3.12. The highest BCUT2D eigenvalue weighted by Gasteiger charge is 2.24. The van der Waals surface area contributed by atoms with Gasteiger partial charge in [-0.3, -0.25) is 9.69 Å². The molecular weight excluding hydrogens is 303 g/mol. The van der Waals surface area contributed by atoms with Gasteiger partial charge in [-0.25, -0.2) is 4.39 Å². The smallest absolute Gasteiger partial charge is 0.251 e. The third kappa shape index (κ3) is 3.82. The second kappa shape index (κ2) is 7.58. The number of carbonyl (C=O) groups is 1. The fourth-order valence-corrected chi connectivity index (χ4v) is 3.31. The summed E-state index contributed by atoms with van der Waals surface area (Å²) < 4.78 is 13.4. The minimum atomic E-state index is -0.384. The van der Waals surface area contributed by atoms with Gasteiger partial charge in [0.05, 0.1) is 6.04 Å². The molecule has 1 fully saturated rings. The highest BCUT2D eigenvalue weighted by atomic mass is 19.1. The van der Waals surface area contributed by atoms with Crippen molar-refractivity contribution in [3.05, 3.63) is 71.0 Å². The molecule has 3 rings (SSSR count). The predicted octanol–water partition coefficient (Wildman–Crippen LogP) is 3.70. The molecule has 0 aromatic heterocycles. The van der Waals surface area contributed by atoms with Crippen LogP contribution in [-0.2, 0) is 0 Å². The second-order valence-corrected chi connectivity index (χ2v) is 6.34.